The number of halogens is 2. The Morgan fingerprint density at radius 2 is 1.76 bits per heavy atom. The van der Waals surface area contributed by atoms with Crippen LogP contribution in [0.2, 0.25) is 0 Å². The van der Waals surface area contributed by atoms with Crippen molar-refractivity contribution in [2.45, 2.75) is 93.0 Å². The zero-order valence-electron chi connectivity index (χ0n) is 15.5. The number of hydrogen-bond acceptors (Lipinski definition) is 3. The van der Waals surface area contributed by atoms with Crippen LogP contribution in [0.25, 0.3) is 0 Å². The monoisotopic (exact) mass is 476 g/mol. The van der Waals surface area contributed by atoms with E-state index in [-0.39, 0.29) is 33.1 Å². The van der Waals surface area contributed by atoms with Crippen molar-refractivity contribution in [1.82, 2.24) is 0 Å². The van der Waals surface area contributed by atoms with Crippen molar-refractivity contribution < 1.29 is 14.6 Å². The van der Waals surface area contributed by atoms with Crippen LogP contribution < -0.4 is 0 Å². The summed E-state index contributed by atoms with van der Waals surface area (Å²) in [4.78, 5) is 13.5. The Balaban J connectivity index is 1.60. The van der Waals surface area contributed by atoms with Gasteiger partial charge in [-0.3, -0.25) is 4.79 Å². The van der Waals surface area contributed by atoms with Gasteiger partial charge < -0.3 is 9.84 Å². The Hall–Kier alpha value is 0.390. The van der Waals surface area contributed by atoms with E-state index in [1.54, 1.807) is 0 Å². The molecule has 1 heterocycles. The summed E-state index contributed by atoms with van der Waals surface area (Å²) in [5.74, 6) is 0.641. The lowest BCUT2D eigenvalue weighted by Gasteiger charge is -2.48. The van der Waals surface area contributed by atoms with Crippen molar-refractivity contribution in [2.24, 2.45) is 22.7 Å². The second-order valence-electron chi connectivity index (χ2n) is 10.1. The topological polar surface area (TPSA) is 46.5 Å². The molecule has 0 spiro atoms. The quantitative estimate of drug-likeness (QED) is 0.451. The molecule has 2 unspecified atom stereocenters. The minimum atomic E-state index is -0.609. The van der Waals surface area contributed by atoms with Gasteiger partial charge >= 0.3 is 5.97 Å². The molecule has 5 heteroatoms. The summed E-state index contributed by atoms with van der Waals surface area (Å²) < 4.78 is 5.95. The zero-order valence-corrected chi connectivity index (χ0v) is 18.7. The molecule has 4 rings (SSSR count). The van der Waals surface area contributed by atoms with Gasteiger partial charge in [-0.05, 0) is 69.6 Å². The average molecular weight is 478 g/mol. The molecule has 0 radical (unpaired) electrons. The highest BCUT2D eigenvalue weighted by atomic mass is 79.9. The van der Waals surface area contributed by atoms with Gasteiger partial charge in [-0.2, -0.15) is 0 Å². The Kier molecular flexibility index (Phi) is 4.27. The second-order valence-corrected chi connectivity index (χ2v) is 12.3. The number of ether oxygens (including phenoxy) is 1. The second kappa shape index (κ2) is 5.70. The highest BCUT2D eigenvalue weighted by Crippen LogP contribution is 2.67. The van der Waals surface area contributed by atoms with E-state index in [1.807, 2.05) is 0 Å². The van der Waals surface area contributed by atoms with E-state index in [9.17, 15) is 9.90 Å². The van der Waals surface area contributed by atoms with E-state index < -0.39 is 5.60 Å². The Morgan fingerprint density at radius 1 is 1.08 bits per heavy atom. The first kappa shape index (κ1) is 18.7. The molecule has 142 valence electrons. The van der Waals surface area contributed by atoms with E-state index >= 15 is 0 Å². The van der Waals surface area contributed by atoms with Gasteiger partial charge in [-0.1, -0.05) is 45.7 Å². The normalized spacial score (nSPS) is 54.2. The molecule has 7 atom stereocenters. The minimum Gasteiger partial charge on any atom is -0.459 e. The Labute approximate surface area is 167 Å². The molecule has 25 heavy (non-hydrogen) atoms. The fourth-order valence-electron chi connectivity index (χ4n) is 6.88. The van der Waals surface area contributed by atoms with Gasteiger partial charge in [0.25, 0.3) is 0 Å². The SMILES string of the molecule is CC12CC[C@H](Br)[C@]3(CC[C@@H](C[C@@]4(O)CC[C@H](Br)C(C)(C)C4)C13)C(=O)O2. The molecule has 3 aliphatic carbocycles. The minimum absolute atomic E-state index is 0.0124. The molecule has 2 bridgehead atoms. The molecule has 3 nitrogen and oxygen atoms in total. The molecule has 1 aliphatic heterocycles. The fourth-order valence-corrected chi connectivity index (χ4v) is 8.20. The highest BCUT2D eigenvalue weighted by molar-refractivity contribution is 9.09. The van der Waals surface area contributed by atoms with Crippen LogP contribution in [0.5, 0.6) is 0 Å². The molecule has 0 aromatic heterocycles. The largest absolute Gasteiger partial charge is 0.459 e. The van der Waals surface area contributed by atoms with Gasteiger partial charge in [-0.15, -0.1) is 0 Å². The van der Waals surface area contributed by atoms with Crippen LogP contribution in [0.3, 0.4) is 0 Å². The molecule has 1 saturated heterocycles. The third kappa shape index (κ3) is 2.61. The van der Waals surface area contributed by atoms with Gasteiger partial charge in [-0.25, -0.2) is 0 Å². The van der Waals surface area contributed by atoms with Crippen LogP contribution in [0, 0.1) is 22.7 Å². The first-order chi connectivity index (χ1) is 11.5. The summed E-state index contributed by atoms with van der Waals surface area (Å²) >= 11 is 7.63. The van der Waals surface area contributed by atoms with Crippen molar-refractivity contribution in [2.75, 3.05) is 0 Å². The molecule has 4 aliphatic rings. The summed E-state index contributed by atoms with van der Waals surface area (Å²) in [6.07, 6.45) is 7.40. The molecule has 3 saturated carbocycles. The molecular weight excluding hydrogens is 448 g/mol. The number of aliphatic hydroxyl groups is 1. The lowest BCUT2D eigenvalue weighted by molar-refractivity contribution is -0.152. The first-order valence-corrected chi connectivity index (χ1v) is 11.6. The third-order valence-electron chi connectivity index (χ3n) is 7.91. The van der Waals surface area contributed by atoms with Crippen molar-refractivity contribution in [3.63, 3.8) is 0 Å². The number of hydrogen-bond donors (Lipinski definition) is 1. The molecule has 0 amide bonds. The van der Waals surface area contributed by atoms with Crippen molar-refractivity contribution in [1.29, 1.82) is 0 Å². The van der Waals surface area contributed by atoms with Gasteiger partial charge in [0.1, 0.15) is 5.60 Å². The number of esters is 1. The van der Waals surface area contributed by atoms with E-state index in [0.717, 1.165) is 51.4 Å². The zero-order chi connectivity index (χ0) is 18.3. The van der Waals surface area contributed by atoms with Gasteiger partial charge in [0.2, 0.25) is 0 Å². The third-order valence-corrected chi connectivity index (χ3v) is 10.9. The summed E-state index contributed by atoms with van der Waals surface area (Å²) in [6.45, 7) is 6.64. The van der Waals surface area contributed by atoms with E-state index in [1.165, 1.54) is 0 Å². The molecule has 1 N–H and O–H groups in total. The maximum atomic E-state index is 12.8. The van der Waals surface area contributed by atoms with Crippen LogP contribution in [-0.2, 0) is 9.53 Å². The highest BCUT2D eigenvalue weighted by Gasteiger charge is 2.72. The predicted octanol–water partition coefficient (Wildman–Crippen LogP) is 4.97. The Bertz CT molecular complexity index is 593. The van der Waals surface area contributed by atoms with Gasteiger partial charge in [0.15, 0.2) is 0 Å². The summed E-state index contributed by atoms with van der Waals surface area (Å²) in [5, 5.41) is 11.4. The molecule has 0 aromatic rings. The lowest BCUT2D eigenvalue weighted by atomic mass is 9.59. The van der Waals surface area contributed by atoms with Crippen LogP contribution in [0.1, 0.15) is 72.1 Å². The number of carbonyl (C=O) groups is 1. The standard InChI is InChI=1S/C20H30Br2O3/c1-17(2)11-19(24,8-6-13(17)21)10-12-4-9-20-14(22)5-7-18(3,15(12)20)25-16(20)23/h12-15,24H,4-11H2,1-3H3/t12-,13-,14-,15?,18?,19-,20-/m0/s1. The van der Waals surface area contributed by atoms with Crippen LogP contribution in [0.4, 0.5) is 0 Å². The predicted molar refractivity (Wildman–Crippen MR) is 105 cm³/mol. The van der Waals surface area contributed by atoms with Crippen molar-refractivity contribution in [3.05, 3.63) is 0 Å². The van der Waals surface area contributed by atoms with E-state index in [4.69, 9.17) is 4.74 Å². The van der Waals surface area contributed by atoms with Gasteiger partial charge in [0.05, 0.1) is 11.0 Å². The summed E-state index contributed by atoms with van der Waals surface area (Å²) in [6, 6.07) is 0. The average Bonchev–Trinajstić information content (AvgIpc) is 2.96. The van der Waals surface area contributed by atoms with Gasteiger partial charge in [0, 0.05) is 15.6 Å². The molecule has 4 fully saturated rings. The fraction of sp³-hybridized carbons (Fsp3) is 0.950. The summed E-state index contributed by atoms with van der Waals surface area (Å²) in [7, 11) is 0. The smallest absolute Gasteiger partial charge is 0.314 e. The maximum Gasteiger partial charge on any atom is 0.314 e. The van der Waals surface area contributed by atoms with Crippen molar-refractivity contribution >= 4 is 37.8 Å². The van der Waals surface area contributed by atoms with Crippen molar-refractivity contribution in [3.8, 4) is 0 Å². The van der Waals surface area contributed by atoms with E-state index in [0.29, 0.717) is 10.7 Å². The Morgan fingerprint density at radius 3 is 2.44 bits per heavy atom. The number of alkyl halides is 2. The number of rotatable bonds is 2. The molecule has 0 aromatic carbocycles. The van der Waals surface area contributed by atoms with Crippen LogP contribution in [-0.4, -0.2) is 31.9 Å². The maximum absolute atomic E-state index is 12.8. The van der Waals surface area contributed by atoms with Crippen LogP contribution in [0.15, 0.2) is 0 Å². The number of carbonyl (C=O) groups excluding carboxylic acids is 1. The first-order valence-electron chi connectivity index (χ1n) is 9.76. The van der Waals surface area contributed by atoms with E-state index in [2.05, 4.69) is 52.6 Å². The molecular formula is C20H30Br2O3. The summed E-state index contributed by atoms with van der Waals surface area (Å²) in [5.41, 5.74) is -1.19. The lowest BCUT2D eigenvalue weighted by Crippen LogP contribution is -2.51. The van der Waals surface area contributed by atoms with Crippen LogP contribution >= 0.6 is 31.9 Å².